The molecule has 8 heteroatoms. The van der Waals surface area contributed by atoms with Crippen LogP contribution in [0.2, 0.25) is 0 Å². The highest BCUT2D eigenvalue weighted by molar-refractivity contribution is 9.10. The zero-order chi connectivity index (χ0) is 18.7. The summed E-state index contributed by atoms with van der Waals surface area (Å²) in [6.07, 6.45) is 3.54. The number of likely N-dealkylation sites (N-methyl/N-ethyl adjacent to an activating group) is 1. The van der Waals surface area contributed by atoms with Gasteiger partial charge < -0.3 is 9.64 Å². The highest BCUT2D eigenvalue weighted by Crippen LogP contribution is 2.26. The third kappa shape index (κ3) is 4.47. The molecule has 2 atom stereocenters. The summed E-state index contributed by atoms with van der Waals surface area (Å²) in [5.41, 5.74) is 0. The fourth-order valence-corrected chi connectivity index (χ4v) is 5.40. The number of hydrogen-bond donors (Lipinski definition) is 0. The summed E-state index contributed by atoms with van der Waals surface area (Å²) in [5.74, 6) is -0.281. The molecule has 2 unspecified atom stereocenters. The summed E-state index contributed by atoms with van der Waals surface area (Å²) in [6, 6.07) is 6.62. The standard InChI is InChI=1S/C18H25BrN2O4S/c1-20(13-16-5-3-11-25-16)18(22)14-4-2-10-21(12-14)26(23,24)17-8-6-15(19)7-9-17/h6-9,14,16H,2-5,10-13H2,1H3. The average molecular weight is 445 g/mol. The Balaban J connectivity index is 1.66. The maximum atomic E-state index is 12.9. The van der Waals surface area contributed by atoms with E-state index in [4.69, 9.17) is 4.74 Å². The first-order chi connectivity index (χ1) is 12.4. The zero-order valence-electron chi connectivity index (χ0n) is 14.9. The molecular weight excluding hydrogens is 420 g/mol. The molecule has 0 aromatic heterocycles. The molecule has 6 nitrogen and oxygen atoms in total. The van der Waals surface area contributed by atoms with E-state index < -0.39 is 10.0 Å². The van der Waals surface area contributed by atoms with Crippen LogP contribution in [0, 0.1) is 5.92 Å². The van der Waals surface area contributed by atoms with E-state index in [2.05, 4.69) is 15.9 Å². The highest BCUT2D eigenvalue weighted by atomic mass is 79.9. The van der Waals surface area contributed by atoms with Crippen LogP contribution in [0.3, 0.4) is 0 Å². The fraction of sp³-hybridized carbons (Fsp3) is 0.611. The van der Waals surface area contributed by atoms with E-state index in [-0.39, 0.29) is 29.4 Å². The third-order valence-corrected chi connectivity index (χ3v) is 7.47. The maximum Gasteiger partial charge on any atom is 0.243 e. The first kappa shape index (κ1) is 19.8. The molecule has 0 bridgehead atoms. The van der Waals surface area contributed by atoms with Gasteiger partial charge in [-0.05, 0) is 49.9 Å². The van der Waals surface area contributed by atoms with Crippen LogP contribution in [0.1, 0.15) is 25.7 Å². The van der Waals surface area contributed by atoms with Gasteiger partial charge in [-0.1, -0.05) is 15.9 Å². The fourth-order valence-electron chi connectivity index (χ4n) is 3.61. The first-order valence-electron chi connectivity index (χ1n) is 9.00. The highest BCUT2D eigenvalue weighted by Gasteiger charge is 2.35. The van der Waals surface area contributed by atoms with E-state index in [0.29, 0.717) is 19.5 Å². The van der Waals surface area contributed by atoms with E-state index >= 15 is 0 Å². The Morgan fingerprint density at radius 2 is 2.00 bits per heavy atom. The van der Waals surface area contributed by atoms with Crippen molar-refractivity contribution in [3.63, 3.8) is 0 Å². The Hall–Kier alpha value is -0.960. The number of halogens is 1. The van der Waals surface area contributed by atoms with Crippen molar-refractivity contribution in [2.45, 2.75) is 36.7 Å². The lowest BCUT2D eigenvalue weighted by molar-refractivity contribution is -0.136. The van der Waals surface area contributed by atoms with Gasteiger partial charge >= 0.3 is 0 Å². The van der Waals surface area contributed by atoms with Crippen LogP contribution in [0.25, 0.3) is 0 Å². The SMILES string of the molecule is CN(CC1CCCO1)C(=O)C1CCCN(S(=O)(=O)c2ccc(Br)cc2)C1. The van der Waals surface area contributed by atoms with Gasteiger partial charge in [0.2, 0.25) is 15.9 Å². The zero-order valence-corrected chi connectivity index (χ0v) is 17.3. The average Bonchev–Trinajstić information content (AvgIpc) is 3.14. The summed E-state index contributed by atoms with van der Waals surface area (Å²) in [6.45, 7) is 2.04. The van der Waals surface area contributed by atoms with Crippen molar-refractivity contribution in [2.75, 3.05) is 33.3 Å². The van der Waals surface area contributed by atoms with Crippen molar-refractivity contribution in [3.8, 4) is 0 Å². The number of benzene rings is 1. The van der Waals surface area contributed by atoms with Crippen LogP contribution < -0.4 is 0 Å². The number of nitrogens with zero attached hydrogens (tertiary/aromatic N) is 2. The molecule has 26 heavy (non-hydrogen) atoms. The Kier molecular flexibility index (Phi) is 6.37. The Morgan fingerprint density at radius 1 is 1.27 bits per heavy atom. The summed E-state index contributed by atoms with van der Waals surface area (Å²) in [5, 5.41) is 0. The molecule has 2 saturated heterocycles. The monoisotopic (exact) mass is 444 g/mol. The lowest BCUT2D eigenvalue weighted by atomic mass is 9.98. The maximum absolute atomic E-state index is 12.9. The molecule has 2 fully saturated rings. The Bertz CT molecular complexity index is 732. The smallest absolute Gasteiger partial charge is 0.243 e. The first-order valence-corrected chi connectivity index (χ1v) is 11.2. The molecule has 2 aliphatic heterocycles. The van der Waals surface area contributed by atoms with Crippen molar-refractivity contribution in [3.05, 3.63) is 28.7 Å². The van der Waals surface area contributed by atoms with E-state index in [9.17, 15) is 13.2 Å². The summed E-state index contributed by atoms with van der Waals surface area (Å²) in [4.78, 5) is 14.8. The van der Waals surface area contributed by atoms with Gasteiger partial charge in [0.1, 0.15) is 0 Å². The number of piperidine rings is 1. The predicted octanol–water partition coefficient (Wildman–Crippen LogP) is 2.49. The largest absolute Gasteiger partial charge is 0.376 e. The van der Waals surface area contributed by atoms with Crippen LogP contribution in [0.5, 0.6) is 0 Å². The van der Waals surface area contributed by atoms with Crippen LogP contribution in [-0.4, -0.2) is 62.9 Å². The second kappa shape index (κ2) is 8.37. The summed E-state index contributed by atoms with van der Waals surface area (Å²) < 4.78 is 33.6. The minimum atomic E-state index is -3.58. The minimum absolute atomic E-state index is 0.0104. The number of hydrogen-bond acceptors (Lipinski definition) is 4. The predicted molar refractivity (Wildman–Crippen MR) is 102 cm³/mol. The quantitative estimate of drug-likeness (QED) is 0.699. The third-order valence-electron chi connectivity index (χ3n) is 5.06. The Morgan fingerprint density at radius 3 is 2.65 bits per heavy atom. The van der Waals surface area contributed by atoms with Crippen molar-refractivity contribution < 1.29 is 17.9 Å². The number of carbonyl (C=O) groups is 1. The van der Waals surface area contributed by atoms with Crippen LogP contribution in [0.15, 0.2) is 33.6 Å². The second-order valence-corrected chi connectivity index (χ2v) is 9.86. The van der Waals surface area contributed by atoms with Crippen molar-refractivity contribution in [2.24, 2.45) is 5.92 Å². The summed E-state index contributed by atoms with van der Waals surface area (Å²) >= 11 is 3.32. The molecule has 2 heterocycles. The van der Waals surface area contributed by atoms with Crippen molar-refractivity contribution >= 4 is 31.9 Å². The number of carbonyl (C=O) groups excluding carboxylic acids is 1. The Labute approximate surface area is 163 Å². The number of rotatable bonds is 5. The van der Waals surface area contributed by atoms with Gasteiger partial charge in [0.25, 0.3) is 0 Å². The molecule has 0 saturated carbocycles. The lowest BCUT2D eigenvalue weighted by Crippen LogP contribution is -2.47. The van der Waals surface area contributed by atoms with Crippen molar-refractivity contribution in [1.29, 1.82) is 0 Å². The molecule has 144 valence electrons. The van der Waals surface area contributed by atoms with Crippen LogP contribution in [0.4, 0.5) is 0 Å². The van der Waals surface area contributed by atoms with Crippen LogP contribution >= 0.6 is 15.9 Å². The van der Waals surface area contributed by atoms with Gasteiger partial charge in [-0.3, -0.25) is 4.79 Å². The molecule has 1 aromatic carbocycles. The van der Waals surface area contributed by atoms with E-state index in [1.165, 1.54) is 4.31 Å². The van der Waals surface area contributed by atoms with E-state index in [0.717, 1.165) is 30.3 Å². The van der Waals surface area contributed by atoms with Gasteiger partial charge in [-0.15, -0.1) is 0 Å². The normalized spacial score (nSPS) is 24.5. The molecule has 1 aromatic rings. The van der Waals surface area contributed by atoms with Gasteiger partial charge in [-0.2, -0.15) is 4.31 Å². The van der Waals surface area contributed by atoms with E-state index in [1.807, 2.05) is 0 Å². The van der Waals surface area contributed by atoms with Crippen LogP contribution in [-0.2, 0) is 19.6 Å². The topological polar surface area (TPSA) is 66.9 Å². The molecule has 0 N–H and O–H groups in total. The number of ether oxygens (including phenoxy) is 1. The molecule has 0 aliphatic carbocycles. The van der Waals surface area contributed by atoms with Gasteiger partial charge in [0, 0.05) is 37.8 Å². The molecule has 2 aliphatic rings. The summed E-state index contributed by atoms with van der Waals surface area (Å²) in [7, 11) is -1.79. The number of sulfonamides is 1. The number of amides is 1. The molecular formula is C18H25BrN2O4S. The van der Waals surface area contributed by atoms with Crippen molar-refractivity contribution in [1.82, 2.24) is 9.21 Å². The van der Waals surface area contributed by atoms with Gasteiger partial charge in [0.05, 0.1) is 16.9 Å². The molecule has 0 radical (unpaired) electrons. The second-order valence-electron chi connectivity index (χ2n) is 7.01. The van der Waals surface area contributed by atoms with Gasteiger partial charge in [0.15, 0.2) is 0 Å². The molecule has 0 spiro atoms. The lowest BCUT2D eigenvalue weighted by Gasteiger charge is -2.33. The van der Waals surface area contributed by atoms with Gasteiger partial charge in [-0.25, -0.2) is 8.42 Å². The molecule has 1 amide bonds. The van der Waals surface area contributed by atoms with E-state index in [1.54, 1.807) is 36.2 Å². The minimum Gasteiger partial charge on any atom is -0.376 e. The molecule has 3 rings (SSSR count).